The van der Waals surface area contributed by atoms with Crippen molar-refractivity contribution in [2.45, 2.75) is 25.8 Å². The highest BCUT2D eigenvalue weighted by Gasteiger charge is 2.07. The fourth-order valence-electron chi connectivity index (χ4n) is 2.94. The maximum atomic E-state index is 10.7. The molecular weight excluding hydrogens is 509 g/mol. The second-order valence-electron chi connectivity index (χ2n) is 6.74. The van der Waals surface area contributed by atoms with Gasteiger partial charge in [-0.05, 0) is 37.0 Å². The van der Waals surface area contributed by atoms with Gasteiger partial charge < -0.3 is 15.1 Å². The predicted octanol–water partition coefficient (Wildman–Crippen LogP) is 4.56. The van der Waals surface area contributed by atoms with Gasteiger partial charge in [0.05, 0.1) is 17.2 Å². The summed E-state index contributed by atoms with van der Waals surface area (Å²) in [6.45, 7) is 1.29. The van der Waals surface area contributed by atoms with Crippen LogP contribution in [0.3, 0.4) is 0 Å². The second-order valence-corrected chi connectivity index (χ2v) is 6.74. The number of aliphatic imine (C=N–C) groups is 1. The molecule has 0 radical (unpaired) electrons. The molecule has 3 aromatic rings. The first-order valence-electron chi connectivity index (χ1n) is 9.83. The Morgan fingerprint density at radius 1 is 1.10 bits per heavy atom. The summed E-state index contributed by atoms with van der Waals surface area (Å²) < 4.78 is 5.54. The van der Waals surface area contributed by atoms with Crippen LogP contribution < -0.4 is 10.6 Å². The molecule has 0 bridgehead atoms. The lowest BCUT2D eigenvalue weighted by molar-refractivity contribution is -0.384. The van der Waals surface area contributed by atoms with Gasteiger partial charge in [-0.25, -0.2) is 4.98 Å². The van der Waals surface area contributed by atoms with Crippen molar-refractivity contribution in [1.29, 1.82) is 0 Å². The summed E-state index contributed by atoms with van der Waals surface area (Å²) in [5.41, 5.74) is 2.97. The Labute approximate surface area is 198 Å². The second kappa shape index (κ2) is 12.7. The van der Waals surface area contributed by atoms with Gasteiger partial charge in [0.25, 0.3) is 5.69 Å². The zero-order chi connectivity index (χ0) is 21.2. The molecule has 0 saturated carbocycles. The normalized spacial score (nSPS) is 10.9. The van der Waals surface area contributed by atoms with E-state index in [-0.39, 0.29) is 34.6 Å². The molecule has 3 rings (SSSR count). The molecule has 9 heteroatoms. The molecule has 1 heterocycles. The Hall–Kier alpha value is -2.95. The van der Waals surface area contributed by atoms with E-state index in [1.807, 2.05) is 42.5 Å². The van der Waals surface area contributed by atoms with Crippen molar-refractivity contribution in [3.8, 4) is 11.5 Å². The van der Waals surface area contributed by atoms with Gasteiger partial charge in [-0.1, -0.05) is 30.3 Å². The van der Waals surface area contributed by atoms with Crippen molar-refractivity contribution >= 4 is 35.6 Å². The highest BCUT2D eigenvalue weighted by atomic mass is 127. The first-order chi connectivity index (χ1) is 14.7. The predicted molar refractivity (Wildman–Crippen MR) is 132 cm³/mol. The maximum Gasteiger partial charge on any atom is 0.269 e. The smallest absolute Gasteiger partial charge is 0.269 e. The summed E-state index contributed by atoms with van der Waals surface area (Å²) in [7, 11) is 1.73. The average molecular weight is 535 g/mol. The van der Waals surface area contributed by atoms with Crippen LogP contribution >= 0.6 is 24.0 Å². The van der Waals surface area contributed by atoms with Crippen molar-refractivity contribution in [1.82, 2.24) is 15.6 Å². The number of benzene rings is 2. The Kier molecular flexibility index (Phi) is 9.95. The lowest BCUT2D eigenvalue weighted by atomic mass is 10.1. The number of unbranched alkanes of at least 4 members (excludes halogenated alkanes) is 1. The third kappa shape index (κ3) is 7.67. The molecule has 2 aromatic carbocycles. The number of non-ortho nitro benzene ring substituents is 1. The quantitative estimate of drug-likeness (QED) is 0.104. The number of rotatable bonds is 9. The summed E-state index contributed by atoms with van der Waals surface area (Å²) in [5.74, 6) is 1.30. The molecule has 0 spiro atoms. The van der Waals surface area contributed by atoms with Crippen molar-refractivity contribution in [3.05, 3.63) is 82.2 Å². The van der Waals surface area contributed by atoms with Crippen LogP contribution in [0.25, 0.3) is 11.5 Å². The van der Waals surface area contributed by atoms with E-state index in [0.717, 1.165) is 42.6 Å². The topological polar surface area (TPSA) is 106 Å². The Morgan fingerprint density at radius 3 is 2.52 bits per heavy atom. The standard InChI is InChI=1S/C22H25N5O3.HI/c1-23-22(24-14-6-5-7-17-10-12-20(13-11-17)27(28)29)25-15-19-16-30-21(26-19)18-8-3-2-4-9-18;/h2-4,8-13,16H,5-7,14-15H2,1H3,(H2,23,24,25);1H. The molecular formula is C22H26IN5O3. The van der Waals surface area contributed by atoms with Crippen LogP contribution in [-0.2, 0) is 13.0 Å². The van der Waals surface area contributed by atoms with Crippen molar-refractivity contribution in [3.63, 3.8) is 0 Å². The fraction of sp³-hybridized carbons (Fsp3) is 0.273. The summed E-state index contributed by atoms with van der Waals surface area (Å²) in [4.78, 5) is 19.0. The van der Waals surface area contributed by atoms with Gasteiger partial charge in [-0.15, -0.1) is 24.0 Å². The summed E-state index contributed by atoms with van der Waals surface area (Å²) >= 11 is 0. The number of hydrogen-bond donors (Lipinski definition) is 2. The number of hydrogen-bond acceptors (Lipinski definition) is 5. The van der Waals surface area contributed by atoms with Crippen molar-refractivity contribution < 1.29 is 9.34 Å². The highest BCUT2D eigenvalue weighted by Crippen LogP contribution is 2.17. The first-order valence-corrected chi connectivity index (χ1v) is 9.83. The van der Waals surface area contributed by atoms with Crippen LogP contribution in [0.4, 0.5) is 5.69 Å². The number of aryl methyl sites for hydroxylation is 1. The lowest BCUT2D eigenvalue weighted by Gasteiger charge is -2.10. The van der Waals surface area contributed by atoms with Gasteiger partial charge in [0.15, 0.2) is 5.96 Å². The third-order valence-corrected chi connectivity index (χ3v) is 4.56. The van der Waals surface area contributed by atoms with Gasteiger partial charge in [0.2, 0.25) is 5.89 Å². The summed E-state index contributed by atoms with van der Waals surface area (Å²) in [5, 5.41) is 17.2. The van der Waals surface area contributed by atoms with E-state index in [1.54, 1.807) is 25.4 Å². The number of oxazole rings is 1. The van der Waals surface area contributed by atoms with Crippen LogP contribution in [0.1, 0.15) is 24.1 Å². The number of aromatic nitrogens is 1. The average Bonchev–Trinajstić information content (AvgIpc) is 3.25. The minimum atomic E-state index is -0.381. The number of nitro benzene ring substituents is 1. The molecule has 1 aromatic heterocycles. The first kappa shape index (κ1) is 24.3. The van der Waals surface area contributed by atoms with E-state index in [9.17, 15) is 10.1 Å². The van der Waals surface area contributed by atoms with E-state index >= 15 is 0 Å². The Bertz CT molecular complexity index is 974. The molecule has 0 aliphatic carbocycles. The Morgan fingerprint density at radius 2 is 1.84 bits per heavy atom. The molecule has 31 heavy (non-hydrogen) atoms. The minimum absolute atomic E-state index is 0. The number of guanidine groups is 1. The number of halogens is 1. The molecule has 2 N–H and O–H groups in total. The number of nitro groups is 1. The van der Waals surface area contributed by atoms with Crippen LogP contribution in [0.5, 0.6) is 0 Å². The summed E-state index contributed by atoms with van der Waals surface area (Å²) in [6.07, 6.45) is 4.46. The highest BCUT2D eigenvalue weighted by molar-refractivity contribution is 14.0. The van der Waals surface area contributed by atoms with E-state index in [2.05, 4.69) is 20.6 Å². The molecule has 0 amide bonds. The Balaban J connectivity index is 0.00000341. The SMILES string of the molecule is CN=C(NCCCCc1ccc([N+](=O)[O-])cc1)NCc1coc(-c2ccccc2)n1.I. The fourth-order valence-corrected chi connectivity index (χ4v) is 2.94. The molecule has 0 saturated heterocycles. The van der Waals surface area contributed by atoms with Crippen LogP contribution in [0.2, 0.25) is 0 Å². The van der Waals surface area contributed by atoms with Crippen molar-refractivity contribution in [2.75, 3.05) is 13.6 Å². The number of nitrogens with zero attached hydrogens (tertiary/aromatic N) is 3. The van der Waals surface area contributed by atoms with Crippen LogP contribution in [-0.4, -0.2) is 29.5 Å². The van der Waals surface area contributed by atoms with Gasteiger partial charge in [0, 0.05) is 31.3 Å². The van der Waals surface area contributed by atoms with Crippen LogP contribution in [0, 0.1) is 10.1 Å². The number of nitrogens with one attached hydrogen (secondary N) is 2. The minimum Gasteiger partial charge on any atom is -0.444 e. The molecule has 8 nitrogen and oxygen atoms in total. The third-order valence-electron chi connectivity index (χ3n) is 4.56. The van der Waals surface area contributed by atoms with Crippen LogP contribution in [0.15, 0.2) is 70.3 Å². The maximum absolute atomic E-state index is 10.7. The van der Waals surface area contributed by atoms with Crippen molar-refractivity contribution in [2.24, 2.45) is 4.99 Å². The van der Waals surface area contributed by atoms with Gasteiger partial charge in [0.1, 0.15) is 6.26 Å². The molecule has 0 unspecified atom stereocenters. The van der Waals surface area contributed by atoms with E-state index < -0.39 is 0 Å². The van der Waals surface area contributed by atoms with E-state index in [4.69, 9.17) is 4.42 Å². The van der Waals surface area contributed by atoms with Gasteiger partial charge in [-0.3, -0.25) is 15.1 Å². The molecule has 164 valence electrons. The molecule has 0 atom stereocenters. The molecule has 0 fully saturated rings. The lowest BCUT2D eigenvalue weighted by Crippen LogP contribution is -2.37. The van der Waals surface area contributed by atoms with Gasteiger partial charge >= 0.3 is 0 Å². The summed E-state index contributed by atoms with van der Waals surface area (Å²) in [6, 6.07) is 16.5. The molecule has 0 aliphatic heterocycles. The largest absolute Gasteiger partial charge is 0.444 e. The van der Waals surface area contributed by atoms with E-state index in [0.29, 0.717) is 18.4 Å². The zero-order valence-electron chi connectivity index (χ0n) is 17.3. The van der Waals surface area contributed by atoms with Gasteiger partial charge in [-0.2, -0.15) is 0 Å². The monoisotopic (exact) mass is 535 g/mol. The molecule has 0 aliphatic rings. The van der Waals surface area contributed by atoms with E-state index in [1.165, 1.54) is 0 Å². The zero-order valence-corrected chi connectivity index (χ0v) is 19.6.